The summed E-state index contributed by atoms with van der Waals surface area (Å²) >= 11 is 13.2. The van der Waals surface area contributed by atoms with E-state index in [1.54, 1.807) is 6.07 Å². The van der Waals surface area contributed by atoms with E-state index in [1.165, 1.54) is 17.8 Å². The molecule has 1 aliphatic heterocycles. The number of hydrogen-bond donors (Lipinski definition) is 0. The van der Waals surface area contributed by atoms with Gasteiger partial charge in [-0.1, -0.05) is 37.0 Å². The molecule has 2 heterocycles. The van der Waals surface area contributed by atoms with Crippen LogP contribution in [0.5, 0.6) is 0 Å². The second-order valence-electron chi connectivity index (χ2n) is 5.14. The number of halogens is 2. The number of carbonyl (C=O) groups excluding carboxylic acids is 1. The maximum Gasteiger partial charge on any atom is 0.256 e. The second-order valence-corrected chi connectivity index (χ2v) is 7.42. The van der Waals surface area contributed by atoms with Crippen molar-refractivity contribution in [2.24, 2.45) is 11.8 Å². The lowest BCUT2D eigenvalue weighted by Gasteiger charge is -2.34. The molecule has 1 aromatic heterocycles. The Balaban J connectivity index is 2.11. The Morgan fingerprint density at radius 3 is 2.78 bits per heavy atom. The number of rotatable bonds is 2. The Morgan fingerprint density at radius 2 is 2.22 bits per heavy atom. The molecule has 0 saturated carbocycles. The molecule has 0 spiro atoms. The highest BCUT2D eigenvalue weighted by Gasteiger charge is 2.27. The Labute approximate surface area is 122 Å². The quantitative estimate of drug-likeness (QED) is 0.784. The van der Waals surface area contributed by atoms with Crippen LogP contribution in [0.1, 0.15) is 37.0 Å². The maximum atomic E-state index is 12.4. The molecule has 0 aliphatic carbocycles. The topological polar surface area (TPSA) is 20.3 Å². The number of carbonyl (C=O) groups is 1. The highest BCUT2D eigenvalue weighted by atomic mass is 35.5. The lowest BCUT2D eigenvalue weighted by Crippen LogP contribution is -2.41. The zero-order valence-corrected chi connectivity index (χ0v) is 12.9. The van der Waals surface area contributed by atoms with Crippen LogP contribution in [-0.4, -0.2) is 23.9 Å². The molecule has 100 valence electrons. The molecule has 0 radical (unpaired) electrons. The summed E-state index contributed by atoms with van der Waals surface area (Å²) in [4.78, 5) is 14.3. The first-order chi connectivity index (χ1) is 8.49. The van der Waals surface area contributed by atoms with Crippen molar-refractivity contribution in [2.75, 3.05) is 13.1 Å². The highest BCUT2D eigenvalue weighted by Crippen LogP contribution is 2.33. The highest BCUT2D eigenvalue weighted by molar-refractivity contribution is 7.20. The summed E-state index contributed by atoms with van der Waals surface area (Å²) < 4.78 is 1.07. The van der Waals surface area contributed by atoms with E-state index in [9.17, 15) is 4.79 Å². The number of piperidine rings is 1. The zero-order valence-electron chi connectivity index (χ0n) is 10.6. The summed E-state index contributed by atoms with van der Waals surface area (Å²) in [5.74, 6) is 1.23. The molecule has 0 N–H and O–H groups in total. The third kappa shape index (κ3) is 3.01. The van der Waals surface area contributed by atoms with Gasteiger partial charge < -0.3 is 4.90 Å². The first-order valence-corrected chi connectivity index (χ1v) is 7.80. The lowest BCUT2D eigenvalue weighted by atomic mass is 9.88. The summed E-state index contributed by atoms with van der Waals surface area (Å²) in [6, 6.07) is 1.68. The average molecular weight is 306 g/mol. The van der Waals surface area contributed by atoms with Gasteiger partial charge >= 0.3 is 0 Å². The minimum Gasteiger partial charge on any atom is -0.338 e. The molecule has 0 bridgehead atoms. The van der Waals surface area contributed by atoms with E-state index in [0.717, 1.165) is 19.5 Å². The molecule has 2 nitrogen and oxygen atoms in total. The summed E-state index contributed by atoms with van der Waals surface area (Å²) in [6.07, 6.45) is 2.28. The van der Waals surface area contributed by atoms with E-state index in [0.29, 0.717) is 26.1 Å². The van der Waals surface area contributed by atoms with Crippen LogP contribution in [0.15, 0.2) is 6.07 Å². The SMILES string of the molecule is CC(C)C1CCCN(C(=O)c2cc(Cl)sc2Cl)C1. The molecule has 1 aliphatic rings. The number of amides is 1. The fraction of sp³-hybridized carbons (Fsp3) is 0.615. The van der Waals surface area contributed by atoms with Crippen LogP contribution in [0.3, 0.4) is 0 Å². The first kappa shape index (κ1) is 14.2. The molecule has 1 amide bonds. The molecule has 5 heteroatoms. The van der Waals surface area contributed by atoms with Crippen molar-refractivity contribution in [3.05, 3.63) is 20.3 Å². The molecule has 18 heavy (non-hydrogen) atoms. The monoisotopic (exact) mass is 305 g/mol. The van der Waals surface area contributed by atoms with Gasteiger partial charge in [-0.15, -0.1) is 11.3 Å². The summed E-state index contributed by atoms with van der Waals surface area (Å²) in [5, 5.41) is 0. The van der Waals surface area contributed by atoms with Gasteiger partial charge in [-0.2, -0.15) is 0 Å². The molecule has 1 aromatic rings. The predicted octanol–water partition coefficient (Wildman–Crippen LogP) is 4.56. The third-order valence-electron chi connectivity index (χ3n) is 3.57. The average Bonchev–Trinajstić information content (AvgIpc) is 2.67. The Bertz CT molecular complexity index is 444. The molecule has 1 saturated heterocycles. The summed E-state index contributed by atoms with van der Waals surface area (Å²) in [5.41, 5.74) is 0.552. The van der Waals surface area contributed by atoms with Gasteiger partial charge in [-0.05, 0) is 30.7 Å². The maximum absolute atomic E-state index is 12.4. The minimum atomic E-state index is 0.0218. The number of likely N-dealkylation sites (tertiary alicyclic amines) is 1. The van der Waals surface area contributed by atoms with E-state index < -0.39 is 0 Å². The van der Waals surface area contributed by atoms with Gasteiger partial charge in [0.1, 0.15) is 4.34 Å². The van der Waals surface area contributed by atoms with Crippen molar-refractivity contribution in [3.8, 4) is 0 Å². The van der Waals surface area contributed by atoms with Crippen molar-refractivity contribution in [1.82, 2.24) is 4.90 Å². The van der Waals surface area contributed by atoms with Gasteiger partial charge in [-0.3, -0.25) is 4.79 Å². The van der Waals surface area contributed by atoms with E-state index in [-0.39, 0.29) is 5.91 Å². The van der Waals surface area contributed by atoms with Crippen LogP contribution >= 0.6 is 34.5 Å². The molecular formula is C13H17Cl2NOS. The van der Waals surface area contributed by atoms with Crippen molar-refractivity contribution in [1.29, 1.82) is 0 Å². The van der Waals surface area contributed by atoms with Crippen LogP contribution in [0.2, 0.25) is 8.67 Å². The zero-order chi connectivity index (χ0) is 13.3. The Hall–Kier alpha value is -0.250. The summed E-state index contributed by atoms with van der Waals surface area (Å²) in [6.45, 7) is 6.09. The lowest BCUT2D eigenvalue weighted by molar-refractivity contribution is 0.0642. The van der Waals surface area contributed by atoms with Crippen molar-refractivity contribution in [3.63, 3.8) is 0 Å². The van der Waals surface area contributed by atoms with Gasteiger partial charge in [0.25, 0.3) is 5.91 Å². The fourth-order valence-electron chi connectivity index (χ4n) is 2.40. The third-order valence-corrected chi connectivity index (χ3v) is 5.06. The fourth-order valence-corrected chi connectivity index (χ4v) is 3.84. The summed E-state index contributed by atoms with van der Waals surface area (Å²) in [7, 11) is 0. The van der Waals surface area contributed by atoms with Gasteiger partial charge in [-0.25, -0.2) is 0 Å². The molecular weight excluding hydrogens is 289 g/mol. The predicted molar refractivity (Wildman–Crippen MR) is 77.8 cm³/mol. The molecule has 2 rings (SSSR count). The first-order valence-electron chi connectivity index (χ1n) is 6.23. The van der Waals surface area contributed by atoms with E-state index >= 15 is 0 Å². The minimum absolute atomic E-state index is 0.0218. The normalized spacial score (nSPS) is 20.5. The molecule has 1 unspecified atom stereocenters. The van der Waals surface area contributed by atoms with Crippen molar-refractivity contribution >= 4 is 40.4 Å². The van der Waals surface area contributed by atoms with Crippen LogP contribution in [0.25, 0.3) is 0 Å². The Morgan fingerprint density at radius 1 is 1.50 bits per heavy atom. The van der Waals surface area contributed by atoms with Gasteiger partial charge in [0.05, 0.1) is 9.90 Å². The number of nitrogens with zero attached hydrogens (tertiary/aromatic N) is 1. The van der Waals surface area contributed by atoms with Crippen LogP contribution in [-0.2, 0) is 0 Å². The van der Waals surface area contributed by atoms with Crippen LogP contribution in [0, 0.1) is 11.8 Å². The molecule has 0 aromatic carbocycles. The van der Waals surface area contributed by atoms with Gasteiger partial charge in [0.2, 0.25) is 0 Å². The molecule has 1 atom stereocenters. The van der Waals surface area contributed by atoms with Crippen LogP contribution in [0.4, 0.5) is 0 Å². The number of thiophene rings is 1. The Kier molecular flexibility index (Phi) is 4.57. The van der Waals surface area contributed by atoms with Crippen LogP contribution < -0.4 is 0 Å². The van der Waals surface area contributed by atoms with Gasteiger partial charge in [0.15, 0.2) is 0 Å². The standard InChI is InChI=1S/C13H17Cl2NOS/c1-8(2)9-4-3-5-16(7-9)13(17)10-6-11(14)18-12(10)15/h6,8-9H,3-5,7H2,1-2H3. The molecule has 1 fully saturated rings. The second kappa shape index (κ2) is 5.81. The van der Waals surface area contributed by atoms with E-state index in [1.807, 2.05) is 4.90 Å². The largest absolute Gasteiger partial charge is 0.338 e. The number of hydrogen-bond acceptors (Lipinski definition) is 2. The van der Waals surface area contributed by atoms with Gasteiger partial charge in [0, 0.05) is 13.1 Å². The van der Waals surface area contributed by atoms with E-state index in [2.05, 4.69) is 13.8 Å². The van der Waals surface area contributed by atoms with Crippen molar-refractivity contribution in [2.45, 2.75) is 26.7 Å². The smallest absolute Gasteiger partial charge is 0.256 e. The van der Waals surface area contributed by atoms with E-state index in [4.69, 9.17) is 23.2 Å². The van der Waals surface area contributed by atoms with Crippen molar-refractivity contribution < 1.29 is 4.79 Å².